The molecule has 6 heteroatoms. The first-order chi connectivity index (χ1) is 13.6. The SMILES string of the molecule is COc1ccc(CCC(=O)NCc2ccc(N3CCCC3=O)cc2)cc1OC. The third kappa shape index (κ3) is 4.82. The number of hydrogen-bond donors (Lipinski definition) is 1. The monoisotopic (exact) mass is 382 g/mol. The predicted molar refractivity (Wildman–Crippen MR) is 108 cm³/mol. The summed E-state index contributed by atoms with van der Waals surface area (Å²) in [4.78, 5) is 25.8. The van der Waals surface area contributed by atoms with Crippen molar-refractivity contribution in [1.82, 2.24) is 5.32 Å². The first-order valence-electron chi connectivity index (χ1n) is 9.47. The quantitative estimate of drug-likeness (QED) is 0.762. The summed E-state index contributed by atoms with van der Waals surface area (Å²) in [5, 5.41) is 2.94. The summed E-state index contributed by atoms with van der Waals surface area (Å²) in [6.07, 6.45) is 2.56. The fourth-order valence-corrected chi connectivity index (χ4v) is 3.30. The maximum absolute atomic E-state index is 12.2. The number of ether oxygens (including phenoxy) is 2. The number of carbonyl (C=O) groups excluding carboxylic acids is 2. The first-order valence-corrected chi connectivity index (χ1v) is 9.47. The molecule has 1 heterocycles. The lowest BCUT2D eigenvalue weighted by molar-refractivity contribution is -0.121. The van der Waals surface area contributed by atoms with Crippen LogP contribution in [0.3, 0.4) is 0 Å². The van der Waals surface area contributed by atoms with Crippen LogP contribution < -0.4 is 19.7 Å². The van der Waals surface area contributed by atoms with Crippen LogP contribution in [0.2, 0.25) is 0 Å². The van der Waals surface area contributed by atoms with Gasteiger partial charge in [0.2, 0.25) is 11.8 Å². The predicted octanol–water partition coefficient (Wildman–Crippen LogP) is 3.08. The van der Waals surface area contributed by atoms with E-state index in [4.69, 9.17) is 9.47 Å². The minimum absolute atomic E-state index is 0.00594. The van der Waals surface area contributed by atoms with E-state index in [1.807, 2.05) is 47.4 Å². The molecule has 0 atom stereocenters. The average Bonchev–Trinajstić information content (AvgIpc) is 3.16. The van der Waals surface area contributed by atoms with E-state index in [0.29, 0.717) is 37.3 Å². The zero-order chi connectivity index (χ0) is 19.9. The fraction of sp³-hybridized carbons (Fsp3) is 0.364. The topological polar surface area (TPSA) is 67.9 Å². The van der Waals surface area contributed by atoms with E-state index >= 15 is 0 Å². The van der Waals surface area contributed by atoms with E-state index in [1.54, 1.807) is 14.2 Å². The van der Waals surface area contributed by atoms with Gasteiger partial charge < -0.3 is 19.7 Å². The Morgan fingerprint density at radius 1 is 1.04 bits per heavy atom. The summed E-state index contributed by atoms with van der Waals surface area (Å²) in [6.45, 7) is 1.25. The molecule has 0 saturated carbocycles. The number of carbonyl (C=O) groups is 2. The van der Waals surface area contributed by atoms with Gasteiger partial charge in [-0.25, -0.2) is 0 Å². The number of nitrogens with one attached hydrogen (secondary N) is 1. The highest BCUT2D eigenvalue weighted by Crippen LogP contribution is 2.28. The average molecular weight is 382 g/mol. The molecular weight excluding hydrogens is 356 g/mol. The fourth-order valence-electron chi connectivity index (χ4n) is 3.30. The molecule has 1 saturated heterocycles. The molecule has 1 aliphatic heterocycles. The van der Waals surface area contributed by atoms with Crippen molar-refractivity contribution >= 4 is 17.5 Å². The van der Waals surface area contributed by atoms with Crippen molar-refractivity contribution in [2.24, 2.45) is 0 Å². The number of nitrogens with zero attached hydrogens (tertiary/aromatic N) is 1. The van der Waals surface area contributed by atoms with Gasteiger partial charge in [-0.15, -0.1) is 0 Å². The third-order valence-electron chi connectivity index (χ3n) is 4.90. The lowest BCUT2D eigenvalue weighted by Gasteiger charge is -2.16. The van der Waals surface area contributed by atoms with Crippen LogP contribution in [0.25, 0.3) is 0 Å². The van der Waals surface area contributed by atoms with Gasteiger partial charge in [0.25, 0.3) is 0 Å². The Bertz CT molecular complexity index is 833. The lowest BCUT2D eigenvalue weighted by Crippen LogP contribution is -2.24. The molecule has 148 valence electrons. The van der Waals surface area contributed by atoms with E-state index in [2.05, 4.69) is 5.32 Å². The van der Waals surface area contributed by atoms with Gasteiger partial charge in [0.05, 0.1) is 14.2 Å². The number of benzene rings is 2. The van der Waals surface area contributed by atoms with E-state index in [9.17, 15) is 9.59 Å². The van der Waals surface area contributed by atoms with Gasteiger partial charge >= 0.3 is 0 Å². The first kappa shape index (κ1) is 19.7. The molecule has 0 unspecified atom stereocenters. The van der Waals surface area contributed by atoms with Gasteiger partial charge in [-0.1, -0.05) is 18.2 Å². The standard InChI is InChI=1S/C22H26N2O4/c1-27-19-11-7-16(14-20(19)28-2)8-12-21(25)23-15-17-5-9-18(10-6-17)24-13-3-4-22(24)26/h5-7,9-11,14H,3-4,8,12-13,15H2,1-2H3,(H,23,25). The smallest absolute Gasteiger partial charge is 0.227 e. The maximum Gasteiger partial charge on any atom is 0.227 e. The Morgan fingerprint density at radius 3 is 2.39 bits per heavy atom. The van der Waals surface area contributed by atoms with E-state index < -0.39 is 0 Å². The largest absolute Gasteiger partial charge is 0.493 e. The summed E-state index contributed by atoms with van der Waals surface area (Å²) in [5.41, 5.74) is 2.95. The van der Waals surface area contributed by atoms with Crippen LogP contribution in [0.4, 0.5) is 5.69 Å². The van der Waals surface area contributed by atoms with Crippen molar-refractivity contribution in [3.8, 4) is 11.5 Å². The Balaban J connectivity index is 1.47. The van der Waals surface area contributed by atoms with Crippen molar-refractivity contribution in [2.45, 2.75) is 32.2 Å². The third-order valence-corrected chi connectivity index (χ3v) is 4.90. The highest BCUT2D eigenvalue weighted by Gasteiger charge is 2.21. The van der Waals surface area contributed by atoms with Gasteiger partial charge in [0.1, 0.15) is 0 Å². The summed E-state index contributed by atoms with van der Waals surface area (Å²) in [7, 11) is 3.19. The van der Waals surface area contributed by atoms with Crippen LogP contribution in [0.1, 0.15) is 30.4 Å². The number of amides is 2. The van der Waals surface area contributed by atoms with Crippen molar-refractivity contribution < 1.29 is 19.1 Å². The normalized spacial score (nSPS) is 13.5. The highest BCUT2D eigenvalue weighted by atomic mass is 16.5. The maximum atomic E-state index is 12.2. The summed E-state index contributed by atoms with van der Waals surface area (Å²) in [5.74, 6) is 1.51. The van der Waals surface area contributed by atoms with Crippen molar-refractivity contribution in [3.63, 3.8) is 0 Å². The number of anilines is 1. The molecule has 6 nitrogen and oxygen atoms in total. The van der Waals surface area contributed by atoms with E-state index in [1.165, 1.54) is 0 Å². The zero-order valence-electron chi connectivity index (χ0n) is 16.4. The van der Waals surface area contributed by atoms with Crippen LogP contribution in [0.15, 0.2) is 42.5 Å². The number of aryl methyl sites for hydroxylation is 1. The molecule has 0 radical (unpaired) electrons. The van der Waals surface area contributed by atoms with Crippen LogP contribution in [0, 0.1) is 0 Å². The number of hydrogen-bond acceptors (Lipinski definition) is 4. The van der Waals surface area contributed by atoms with Crippen molar-refractivity contribution in [2.75, 3.05) is 25.7 Å². The summed E-state index contributed by atoms with van der Waals surface area (Å²) in [6, 6.07) is 13.5. The van der Waals surface area contributed by atoms with E-state index in [-0.39, 0.29) is 11.8 Å². The van der Waals surface area contributed by atoms with Gasteiger partial charge in [-0.3, -0.25) is 9.59 Å². The van der Waals surface area contributed by atoms with Gasteiger partial charge in [0.15, 0.2) is 11.5 Å². The second-order valence-electron chi connectivity index (χ2n) is 6.78. The molecule has 28 heavy (non-hydrogen) atoms. The Labute approximate surface area is 165 Å². The number of methoxy groups -OCH3 is 2. The molecule has 2 aromatic rings. The molecular formula is C22H26N2O4. The van der Waals surface area contributed by atoms with Crippen LogP contribution in [0.5, 0.6) is 11.5 Å². The molecule has 1 N–H and O–H groups in total. The van der Waals surface area contributed by atoms with Crippen LogP contribution in [-0.4, -0.2) is 32.6 Å². The minimum atomic E-state index is -0.00594. The van der Waals surface area contributed by atoms with Gasteiger partial charge in [-0.05, 0) is 48.2 Å². The molecule has 3 rings (SSSR count). The van der Waals surface area contributed by atoms with Crippen molar-refractivity contribution in [1.29, 1.82) is 0 Å². The Morgan fingerprint density at radius 2 is 1.75 bits per heavy atom. The molecule has 1 aliphatic rings. The summed E-state index contributed by atoms with van der Waals surface area (Å²) < 4.78 is 10.5. The van der Waals surface area contributed by atoms with Crippen LogP contribution in [-0.2, 0) is 22.6 Å². The second kappa shape index (κ2) is 9.26. The number of rotatable bonds is 8. The Hall–Kier alpha value is -3.02. The molecule has 0 spiro atoms. The second-order valence-corrected chi connectivity index (χ2v) is 6.78. The molecule has 2 aromatic carbocycles. The molecule has 0 bridgehead atoms. The van der Waals surface area contributed by atoms with Gasteiger partial charge in [-0.2, -0.15) is 0 Å². The lowest BCUT2D eigenvalue weighted by atomic mass is 10.1. The zero-order valence-corrected chi connectivity index (χ0v) is 16.4. The molecule has 0 aromatic heterocycles. The molecule has 1 fully saturated rings. The van der Waals surface area contributed by atoms with Crippen molar-refractivity contribution in [3.05, 3.63) is 53.6 Å². The van der Waals surface area contributed by atoms with E-state index in [0.717, 1.165) is 29.8 Å². The van der Waals surface area contributed by atoms with Gasteiger partial charge in [0, 0.05) is 31.6 Å². The van der Waals surface area contributed by atoms with Crippen LogP contribution >= 0.6 is 0 Å². The highest BCUT2D eigenvalue weighted by molar-refractivity contribution is 5.95. The summed E-state index contributed by atoms with van der Waals surface area (Å²) >= 11 is 0. The molecule has 2 amide bonds. The Kier molecular flexibility index (Phi) is 6.53. The minimum Gasteiger partial charge on any atom is -0.493 e. The molecule has 0 aliphatic carbocycles.